The summed E-state index contributed by atoms with van der Waals surface area (Å²) in [5, 5.41) is 14.3. The van der Waals surface area contributed by atoms with Gasteiger partial charge in [0.25, 0.3) is 5.56 Å². The number of hydrogen-bond donors (Lipinski definition) is 1. The molecular weight excluding hydrogens is 708 g/mol. The molecule has 0 amide bonds. The molecule has 7 nitrogen and oxygen atoms in total. The molecule has 188 valence electrons. The molecule has 0 unspecified atom stereocenters. The van der Waals surface area contributed by atoms with Crippen molar-refractivity contribution in [3.8, 4) is 17.1 Å². The van der Waals surface area contributed by atoms with E-state index < -0.39 is 5.97 Å². The summed E-state index contributed by atoms with van der Waals surface area (Å²) in [5.74, 6) is 0.174. The van der Waals surface area contributed by atoms with Crippen molar-refractivity contribution >= 4 is 68.3 Å². The molecule has 0 fully saturated rings. The average Bonchev–Trinajstić information content (AvgIpc) is 2.92. The molecule has 0 saturated carbocycles. The summed E-state index contributed by atoms with van der Waals surface area (Å²) >= 11 is 4.39. The van der Waals surface area contributed by atoms with Gasteiger partial charge < -0.3 is 9.84 Å². The average molecular weight is 727 g/mol. The third-order valence-electron chi connectivity index (χ3n) is 5.69. The van der Waals surface area contributed by atoms with Gasteiger partial charge in [-0.1, -0.05) is 54.6 Å². The van der Waals surface area contributed by atoms with Gasteiger partial charge in [-0.25, -0.2) is 9.78 Å². The van der Waals surface area contributed by atoms with Crippen LogP contribution < -0.4 is 10.3 Å². The van der Waals surface area contributed by atoms with Gasteiger partial charge in [0.1, 0.15) is 12.4 Å². The highest BCUT2D eigenvalue weighted by molar-refractivity contribution is 14.1. The second kappa shape index (κ2) is 11.4. The monoisotopic (exact) mass is 727 g/mol. The molecule has 0 radical (unpaired) electrons. The van der Waals surface area contributed by atoms with Crippen LogP contribution in [0.3, 0.4) is 0 Å². The number of rotatable bonds is 7. The minimum Gasteiger partial charge on any atom is -0.487 e. The SMILES string of the molecule is O=C(O)c1cccc(COc2c(I)cc(C=Nn3c(-c4ccccc4)nc4ccccc4c3=O)cc2I)c1. The fourth-order valence-electron chi connectivity index (χ4n) is 3.87. The van der Waals surface area contributed by atoms with Crippen LogP contribution in [0.25, 0.3) is 22.3 Å². The quantitative estimate of drug-likeness (QED) is 0.154. The van der Waals surface area contributed by atoms with Crippen LogP contribution in [0.4, 0.5) is 0 Å². The van der Waals surface area contributed by atoms with E-state index in [1.165, 1.54) is 4.68 Å². The number of aromatic carboxylic acids is 1. The van der Waals surface area contributed by atoms with E-state index in [0.717, 1.165) is 23.8 Å². The molecule has 1 aromatic heterocycles. The first kappa shape index (κ1) is 26.0. The molecule has 0 aliphatic rings. The molecule has 1 heterocycles. The van der Waals surface area contributed by atoms with Gasteiger partial charge >= 0.3 is 5.97 Å². The summed E-state index contributed by atoms with van der Waals surface area (Å²) in [7, 11) is 0. The van der Waals surface area contributed by atoms with E-state index in [0.29, 0.717) is 22.5 Å². The zero-order valence-corrected chi connectivity index (χ0v) is 24.0. The predicted octanol–water partition coefficient (Wildman–Crippen LogP) is 6.43. The minimum absolute atomic E-state index is 0.218. The summed E-state index contributed by atoms with van der Waals surface area (Å²) in [6.45, 7) is 0.235. The highest BCUT2D eigenvalue weighted by atomic mass is 127. The predicted molar refractivity (Wildman–Crippen MR) is 164 cm³/mol. The highest BCUT2D eigenvalue weighted by Gasteiger charge is 2.13. The van der Waals surface area contributed by atoms with Crippen molar-refractivity contribution in [2.45, 2.75) is 6.61 Å². The van der Waals surface area contributed by atoms with E-state index >= 15 is 0 Å². The molecule has 0 saturated heterocycles. The van der Waals surface area contributed by atoms with Gasteiger partial charge in [-0.05, 0) is 92.7 Å². The largest absolute Gasteiger partial charge is 0.487 e. The van der Waals surface area contributed by atoms with Crippen LogP contribution in [-0.4, -0.2) is 27.0 Å². The number of ether oxygens (including phenoxy) is 1. The van der Waals surface area contributed by atoms with E-state index in [2.05, 4.69) is 50.3 Å². The molecular formula is C29H19I2N3O4. The zero-order chi connectivity index (χ0) is 26.6. The number of carboxylic acid groups (broad SMARTS) is 1. The first-order valence-corrected chi connectivity index (χ1v) is 13.6. The molecule has 38 heavy (non-hydrogen) atoms. The Morgan fingerprint density at radius 3 is 2.39 bits per heavy atom. The summed E-state index contributed by atoms with van der Waals surface area (Å²) < 4.78 is 9.08. The fraction of sp³-hybridized carbons (Fsp3) is 0.0345. The molecule has 5 aromatic rings. The zero-order valence-electron chi connectivity index (χ0n) is 19.7. The van der Waals surface area contributed by atoms with E-state index in [9.17, 15) is 14.7 Å². The van der Waals surface area contributed by atoms with Crippen molar-refractivity contribution in [1.29, 1.82) is 0 Å². The number of benzene rings is 4. The minimum atomic E-state index is -0.976. The van der Waals surface area contributed by atoms with E-state index in [1.54, 1.807) is 30.5 Å². The number of aromatic nitrogens is 2. The van der Waals surface area contributed by atoms with Crippen molar-refractivity contribution in [3.05, 3.63) is 125 Å². The van der Waals surface area contributed by atoms with Gasteiger partial charge in [0.2, 0.25) is 0 Å². The maximum atomic E-state index is 13.4. The number of hydrogen-bond acceptors (Lipinski definition) is 5. The lowest BCUT2D eigenvalue weighted by atomic mass is 10.1. The van der Waals surface area contributed by atoms with E-state index in [1.807, 2.05) is 66.7 Å². The number of carboxylic acids is 1. The second-order valence-corrected chi connectivity index (χ2v) is 10.6. The van der Waals surface area contributed by atoms with Crippen molar-refractivity contribution in [2.75, 3.05) is 0 Å². The van der Waals surface area contributed by atoms with Gasteiger partial charge in [-0.15, -0.1) is 0 Å². The third-order valence-corrected chi connectivity index (χ3v) is 7.29. The normalized spacial score (nSPS) is 11.2. The smallest absolute Gasteiger partial charge is 0.335 e. The lowest BCUT2D eigenvalue weighted by molar-refractivity contribution is 0.0696. The molecule has 0 aliphatic carbocycles. The van der Waals surface area contributed by atoms with Crippen LogP contribution in [0.15, 0.2) is 101 Å². The Hall–Kier alpha value is -3.58. The first-order chi connectivity index (χ1) is 18.4. The Kier molecular flexibility index (Phi) is 7.84. The maximum Gasteiger partial charge on any atom is 0.335 e. The van der Waals surface area contributed by atoms with Crippen LogP contribution in [-0.2, 0) is 6.61 Å². The van der Waals surface area contributed by atoms with Crippen LogP contribution in [0.5, 0.6) is 5.75 Å². The standard InChI is InChI=1S/C29H19I2N3O4/c30-23-14-19(15-24(31)26(23)38-17-18-7-6-10-21(13-18)29(36)37)16-32-34-27(20-8-2-1-3-9-20)33-25-12-5-4-11-22(25)28(34)35/h1-16H,17H2,(H,36,37). The molecule has 5 rings (SSSR count). The first-order valence-electron chi connectivity index (χ1n) is 11.5. The molecule has 1 N–H and O–H groups in total. The molecule has 4 aromatic carbocycles. The number of halogens is 2. The summed E-state index contributed by atoms with van der Waals surface area (Å²) in [5.41, 5.74) is 2.92. The molecule has 0 aliphatic heterocycles. The Morgan fingerprint density at radius 1 is 0.947 bits per heavy atom. The topological polar surface area (TPSA) is 93.8 Å². The summed E-state index contributed by atoms with van der Waals surface area (Å²) in [6.07, 6.45) is 1.63. The van der Waals surface area contributed by atoms with Crippen LogP contribution in [0.1, 0.15) is 21.5 Å². The number of para-hydroxylation sites is 1. The molecule has 0 bridgehead atoms. The fourth-order valence-corrected chi connectivity index (χ4v) is 6.00. The van der Waals surface area contributed by atoms with Crippen LogP contribution in [0.2, 0.25) is 0 Å². The van der Waals surface area contributed by atoms with Crippen molar-refractivity contribution in [3.63, 3.8) is 0 Å². The Morgan fingerprint density at radius 2 is 1.66 bits per heavy atom. The van der Waals surface area contributed by atoms with Gasteiger partial charge in [0.15, 0.2) is 5.82 Å². The van der Waals surface area contributed by atoms with Gasteiger partial charge in [-0.3, -0.25) is 4.79 Å². The number of nitrogens with zero attached hydrogens (tertiary/aromatic N) is 3. The van der Waals surface area contributed by atoms with Crippen LogP contribution in [0, 0.1) is 7.14 Å². The Labute approximate surface area is 245 Å². The van der Waals surface area contributed by atoms with Gasteiger partial charge in [-0.2, -0.15) is 9.78 Å². The second-order valence-electron chi connectivity index (χ2n) is 8.29. The van der Waals surface area contributed by atoms with Crippen molar-refractivity contribution < 1.29 is 14.6 Å². The van der Waals surface area contributed by atoms with Crippen molar-refractivity contribution in [2.24, 2.45) is 5.10 Å². The van der Waals surface area contributed by atoms with Gasteiger partial charge in [0, 0.05) is 5.56 Å². The van der Waals surface area contributed by atoms with Crippen LogP contribution >= 0.6 is 45.2 Å². The molecule has 0 spiro atoms. The van der Waals surface area contributed by atoms with Crippen molar-refractivity contribution in [1.82, 2.24) is 9.66 Å². The Balaban J connectivity index is 1.46. The van der Waals surface area contributed by atoms with Gasteiger partial charge in [0.05, 0.1) is 29.8 Å². The van der Waals surface area contributed by atoms with E-state index in [-0.39, 0.29) is 17.7 Å². The number of fused-ring (bicyclic) bond motifs is 1. The lowest BCUT2D eigenvalue weighted by Crippen LogP contribution is -2.20. The third kappa shape index (κ3) is 5.63. The number of carbonyl (C=O) groups is 1. The summed E-state index contributed by atoms with van der Waals surface area (Å²) in [6, 6.07) is 27.2. The van der Waals surface area contributed by atoms with E-state index in [4.69, 9.17) is 9.72 Å². The summed E-state index contributed by atoms with van der Waals surface area (Å²) in [4.78, 5) is 29.3. The molecule has 0 atom stereocenters. The molecule has 9 heteroatoms. The lowest BCUT2D eigenvalue weighted by Gasteiger charge is -2.12. The highest BCUT2D eigenvalue weighted by Crippen LogP contribution is 2.29. The maximum absolute atomic E-state index is 13.4. The Bertz CT molecular complexity index is 1730.